The molecule has 1 amide bonds. The van der Waals surface area contributed by atoms with Crippen molar-refractivity contribution in [2.24, 2.45) is 0 Å². The lowest BCUT2D eigenvalue weighted by Gasteiger charge is -2.13. The van der Waals surface area contributed by atoms with E-state index in [1.807, 2.05) is 0 Å². The average molecular weight is 438 g/mol. The number of halogens is 2. The molecule has 30 heavy (non-hydrogen) atoms. The van der Waals surface area contributed by atoms with Crippen molar-refractivity contribution in [3.63, 3.8) is 0 Å². The predicted octanol–water partition coefficient (Wildman–Crippen LogP) is 3.45. The van der Waals surface area contributed by atoms with E-state index in [1.54, 1.807) is 56.3 Å². The zero-order valence-electron chi connectivity index (χ0n) is 16.6. The standard InChI is InChI=1S/C21H24F2N2O4S/c1-15(2)25-30(27,28)14-18-9-4-3-8-17(18)13-24-20(26)12-11-16-7-5-6-10-19(16)29-21(22)23/h3-12,15,21,25H,13-14H2,1-2H3,(H,24,26)/b12-11+. The summed E-state index contributed by atoms with van der Waals surface area (Å²) in [6, 6.07) is 12.8. The van der Waals surface area contributed by atoms with E-state index in [0.717, 1.165) is 0 Å². The molecule has 0 fully saturated rings. The summed E-state index contributed by atoms with van der Waals surface area (Å²) in [7, 11) is -3.51. The van der Waals surface area contributed by atoms with E-state index in [2.05, 4.69) is 14.8 Å². The van der Waals surface area contributed by atoms with E-state index >= 15 is 0 Å². The van der Waals surface area contributed by atoms with E-state index in [9.17, 15) is 22.0 Å². The number of para-hydroxylation sites is 1. The normalized spacial score (nSPS) is 11.9. The quantitative estimate of drug-likeness (QED) is 0.557. The van der Waals surface area contributed by atoms with Gasteiger partial charge < -0.3 is 10.1 Å². The molecule has 2 aromatic rings. The van der Waals surface area contributed by atoms with Crippen LogP contribution in [-0.2, 0) is 27.1 Å². The summed E-state index contributed by atoms with van der Waals surface area (Å²) < 4.78 is 56.2. The van der Waals surface area contributed by atoms with Gasteiger partial charge in [-0.25, -0.2) is 13.1 Å². The molecule has 6 nitrogen and oxygen atoms in total. The molecule has 2 N–H and O–H groups in total. The van der Waals surface area contributed by atoms with Crippen LogP contribution in [0.2, 0.25) is 0 Å². The molecular formula is C21H24F2N2O4S. The molecule has 0 spiro atoms. The van der Waals surface area contributed by atoms with Gasteiger partial charge in [-0.3, -0.25) is 4.79 Å². The molecule has 0 aliphatic carbocycles. The van der Waals surface area contributed by atoms with Gasteiger partial charge in [-0.1, -0.05) is 42.5 Å². The van der Waals surface area contributed by atoms with Crippen molar-refractivity contribution in [1.29, 1.82) is 0 Å². The first-order valence-electron chi connectivity index (χ1n) is 9.23. The molecule has 2 aromatic carbocycles. The topological polar surface area (TPSA) is 84.5 Å². The van der Waals surface area contributed by atoms with Gasteiger partial charge >= 0.3 is 6.61 Å². The second-order valence-electron chi connectivity index (χ2n) is 6.77. The van der Waals surface area contributed by atoms with Gasteiger partial charge in [0.15, 0.2) is 0 Å². The number of alkyl halides is 2. The third kappa shape index (κ3) is 7.92. The van der Waals surface area contributed by atoms with E-state index in [1.165, 1.54) is 18.2 Å². The molecule has 0 radical (unpaired) electrons. The number of ether oxygens (including phenoxy) is 1. The number of hydrogen-bond donors (Lipinski definition) is 2. The van der Waals surface area contributed by atoms with Gasteiger partial charge in [-0.05, 0) is 37.1 Å². The van der Waals surface area contributed by atoms with E-state index in [-0.39, 0.29) is 24.1 Å². The van der Waals surface area contributed by atoms with Crippen LogP contribution in [0, 0.1) is 0 Å². The van der Waals surface area contributed by atoms with Crippen molar-refractivity contribution < 1.29 is 26.7 Å². The van der Waals surface area contributed by atoms with Crippen LogP contribution < -0.4 is 14.8 Å². The number of carbonyl (C=O) groups is 1. The molecule has 0 bridgehead atoms. The number of hydrogen-bond acceptors (Lipinski definition) is 4. The van der Waals surface area contributed by atoms with Crippen molar-refractivity contribution >= 4 is 22.0 Å². The minimum absolute atomic E-state index is 0.0373. The third-order valence-corrected chi connectivity index (χ3v) is 5.40. The summed E-state index contributed by atoms with van der Waals surface area (Å²) in [5.74, 6) is -0.699. The van der Waals surface area contributed by atoms with Gasteiger partial charge in [0.2, 0.25) is 15.9 Å². The molecule has 0 aliphatic rings. The molecule has 0 heterocycles. The molecule has 0 atom stereocenters. The summed E-state index contributed by atoms with van der Waals surface area (Å²) in [6.07, 6.45) is 2.57. The van der Waals surface area contributed by atoms with Crippen molar-refractivity contribution in [2.75, 3.05) is 0 Å². The molecule has 0 aromatic heterocycles. The van der Waals surface area contributed by atoms with Crippen LogP contribution >= 0.6 is 0 Å². The molecule has 0 aliphatic heterocycles. The van der Waals surface area contributed by atoms with Crippen LogP contribution in [0.1, 0.15) is 30.5 Å². The lowest BCUT2D eigenvalue weighted by molar-refractivity contribution is -0.116. The molecule has 9 heteroatoms. The summed E-state index contributed by atoms with van der Waals surface area (Å²) in [6.45, 7) is 0.624. The van der Waals surface area contributed by atoms with Gasteiger partial charge in [0.1, 0.15) is 5.75 Å². The minimum Gasteiger partial charge on any atom is -0.434 e. The third-order valence-electron chi connectivity index (χ3n) is 3.88. The Kier molecular flexibility index (Phi) is 8.49. The van der Waals surface area contributed by atoms with Crippen LogP contribution in [0.15, 0.2) is 54.6 Å². The second-order valence-corrected chi connectivity index (χ2v) is 8.52. The Morgan fingerprint density at radius 3 is 2.37 bits per heavy atom. The van der Waals surface area contributed by atoms with Gasteiger partial charge in [-0.2, -0.15) is 8.78 Å². The summed E-state index contributed by atoms with van der Waals surface area (Å²) in [5.41, 5.74) is 1.57. The zero-order chi connectivity index (χ0) is 22.1. The van der Waals surface area contributed by atoms with E-state index in [0.29, 0.717) is 16.7 Å². The van der Waals surface area contributed by atoms with Crippen LogP contribution in [0.25, 0.3) is 6.08 Å². The van der Waals surface area contributed by atoms with E-state index in [4.69, 9.17) is 0 Å². The number of amides is 1. The lowest BCUT2D eigenvalue weighted by atomic mass is 10.1. The Balaban J connectivity index is 2.03. The fourth-order valence-electron chi connectivity index (χ4n) is 2.70. The predicted molar refractivity (Wildman–Crippen MR) is 111 cm³/mol. The van der Waals surface area contributed by atoms with E-state index < -0.39 is 22.5 Å². The Hall–Kier alpha value is -2.78. The Bertz CT molecular complexity index is 992. The molecule has 0 unspecified atom stereocenters. The van der Waals surface area contributed by atoms with Gasteiger partial charge in [0, 0.05) is 24.2 Å². The fraction of sp³-hybridized carbons (Fsp3) is 0.286. The first-order valence-corrected chi connectivity index (χ1v) is 10.9. The molecule has 0 saturated carbocycles. The Labute approximate surface area is 175 Å². The highest BCUT2D eigenvalue weighted by Gasteiger charge is 2.15. The maximum atomic E-state index is 12.5. The highest BCUT2D eigenvalue weighted by Crippen LogP contribution is 2.21. The van der Waals surface area contributed by atoms with Crippen LogP contribution in [0.5, 0.6) is 5.75 Å². The Morgan fingerprint density at radius 2 is 1.70 bits per heavy atom. The number of rotatable bonds is 10. The van der Waals surface area contributed by atoms with Crippen LogP contribution in [0.4, 0.5) is 8.78 Å². The van der Waals surface area contributed by atoms with Crippen molar-refractivity contribution in [3.05, 3.63) is 71.3 Å². The number of carbonyl (C=O) groups excluding carboxylic acids is 1. The molecule has 2 rings (SSSR count). The Morgan fingerprint density at radius 1 is 1.07 bits per heavy atom. The largest absolute Gasteiger partial charge is 0.434 e. The fourth-order valence-corrected chi connectivity index (χ4v) is 4.20. The van der Waals surface area contributed by atoms with Gasteiger partial charge in [0.05, 0.1) is 5.75 Å². The lowest BCUT2D eigenvalue weighted by Crippen LogP contribution is -2.31. The van der Waals surface area contributed by atoms with Crippen molar-refractivity contribution in [2.45, 2.75) is 38.8 Å². The first-order chi connectivity index (χ1) is 14.2. The highest BCUT2D eigenvalue weighted by molar-refractivity contribution is 7.88. The summed E-state index contributed by atoms with van der Waals surface area (Å²) in [5, 5.41) is 2.67. The summed E-state index contributed by atoms with van der Waals surface area (Å²) >= 11 is 0. The number of benzene rings is 2. The smallest absolute Gasteiger partial charge is 0.387 e. The zero-order valence-corrected chi connectivity index (χ0v) is 17.5. The van der Waals surface area contributed by atoms with Crippen LogP contribution in [0.3, 0.4) is 0 Å². The van der Waals surface area contributed by atoms with Gasteiger partial charge in [0.25, 0.3) is 0 Å². The minimum atomic E-state index is -3.51. The molecular weight excluding hydrogens is 414 g/mol. The molecule has 162 valence electrons. The van der Waals surface area contributed by atoms with Gasteiger partial charge in [-0.15, -0.1) is 0 Å². The first kappa shape index (κ1) is 23.5. The summed E-state index contributed by atoms with van der Waals surface area (Å²) in [4.78, 5) is 12.1. The van der Waals surface area contributed by atoms with Crippen LogP contribution in [-0.4, -0.2) is 27.0 Å². The maximum absolute atomic E-state index is 12.5. The number of nitrogens with one attached hydrogen (secondary N) is 2. The average Bonchev–Trinajstić information content (AvgIpc) is 2.65. The highest BCUT2D eigenvalue weighted by atomic mass is 32.2. The SMILES string of the molecule is CC(C)NS(=O)(=O)Cc1ccccc1CNC(=O)/C=C/c1ccccc1OC(F)F. The second kappa shape index (κ2) is 10.8. The maximum Gasteiger partial charge on any atom is 0.387 e. The monoisotopic (exact) mass is 438 g/mol. The number of sulfonamides is 1. The molecule has 0 saturated heterocycles. The van der Waals surface area contributed by atoms with Crippen molar-refractivity contribution in [1.82, 2.24) is 10.0 Å². The van der Waals surface area contributed by atoms with Crippen molar-refractivity contribution in [3.8, 4) is 5.75 Å².